The molecule has 4 aromatic rings. The largest absolute Gasteiger partial charge is 0.494 e. The van der Waals surface area contributed by atoms with Gasteiger partial charge in [-0.2, -0.15) is 5.10 Å². The second-order valence-electron chi connectivity index (χ2n) is 8.82. The van der Waals surface area contributed by atoms with Gasteiger partial charge in [0.2, 0.25) is 5.91 Å². The van der Waals surface area contributed by atoms with Crippen molar-refractivity contribution < 1.29 is 9.53 Å². The van der Waals surface area contributed by atoms with Gasteiger partial charge in [0.05, 0.1) is 12.3 Å². The normalized spacial score (nSPS) is 10.9. The summed E-state index contributed by atoms with van der Waals surface area (Å²) in [6.07, 6.45) is 0.967. The first kappa shape index (κ1) is 26.2. The van der Waals surface area contributed by atoms with Gasteiger partial charge < -0.3 is 20.3 Å². The number of nitrogens with zero attached hydrogens (tertiary/aromatic N) is 4. The van der Waals surface area contributed by atoms with E-state index in [1.807, 2.05) is 67.6 Å². The molecule has 2 aromatic heterocycles. The quantitative estimate of drug-likeness (QED) is 0.180. The molecule has 0 aliphatic heterocycles. The summed E-state index contributed by atoms with van der Waals surface area (Å²) < 4.78 is 5.87. The monoisotopic (exact) mass is 517 g/mol. The van der Waals surface area contributed by atoms with Gasteiger partial charge in [-0.05, 0) is 87.7 Å². The Morgan fingerprint density at radius 3 is 2.43 bits per heavy atom. The highest BCUT2D eigenvalue weighted by Crippen LogP contribution is 2.31. The molecule has 37 heavy (non-hydrogen) atoms. The Balaban J connectivity index is 1.55. The van der Waals surface area contributed by atoms with Crippen molar-refractivity contribution in [1.29, 1.82) is 0 Å². The number of hydrogen-bond donors (Lipinski definition) is 3. The lowest BCUT2D eigenvalue weighted by molar-refractivity contribution is -0.114. The van der Waals surface area contributed by atoms with Crippen LogP contribution in [0.3, 0.4) is 0 Å². The molecule has 2 aromatic carbocycles. The molecule has 10 heteroatoms. The summed E-state index contributed by atoms with van der Waals surface area (Å²) in [5.74, 6) is 2.04. The van der Waals surface area contributed by atoms with E-state index >= 15 is 0 Å². The number of rotatable bonds is 11. The molecule has 0 radical (unpaired) electrons. The van der Waals surface area contributed by atoms with Crippen LogP contribution in [-0.2, 0) is 4.79 Å². The van der Waals surface area contributed by atoms with Gasteiger partial charge >= 0.3 is 0 Å². The molecule has 0 fully saturated rings. The topological polar surface area (TPSA) is 108 Å². The molecule has 0 saturated carbocycles. The highest BCUT2D eigenvalue weighted by molar-refractivity contribution is 7.99. The number of H-pyrrole nitrogens is 1. The number of aromatic amines is 1. The van der Waals surface area contributed by atoms with Crippen molar-refractivity contribution in [2.24, 2.45) is 0 Å². The van der Waals surface area contributed by atoms with E-state index in [0.717, 1.165) is 46.2 Å². The molecular formula is C27H31N7O2S. The highest BCUT2D eigenvalue weighted by Gasteiger charge is 2.11. The lowest BCUT2D eigenvalue weighted by atomic mass is 10.1. The van der Waals surface area contributed by atoms with E-state index in [9.17, 15) is 4.79 Å². The molecule has 4 rings (SSSR count). The van der Waals surface area contributed by atoms with Gasteiger partial charge in [-0.1, -0.05) is 0 Å². The van der Waals surface area contributed by atoms with Crippen molar-refractivity contribution in [2.45, 2.75) is 30.3 Å². The minimum absolute atomic E-state index is 0.106. The molecule has 1 amide bonds. The van der Waals surface area contributed by atoms with E-state index < -0.39 is 0 Å². The predicted octanol–water partition coefficient (Wildman–Crippen LogP) is 5.36. The van der Waals surface area contributed by atoms with Crippen LogP contribution in [0.25, 0.3) is 11.3 Å². The van der Waals surface area contributed by atoms with Crippen molar-refractivity contribution in [3.05, 3.63) is 66.4 Å². The fourth-order valence-corrected chi connectivity index (χ4v) is 4.27. The first-order valence-electron chi connectivity index (χ1n) is 12.0. The van der Waals surface area contributed by atoms with Crippen LogP contribution in [0, 0.1) is 6.92 Å². The Morgan fingerprint density at radius 2 is 1.78 bits per heavy atom. The van der Waals surface area contributed by atoms with Gasteiger partial charge in [0.1, 0.15) is 11.6 Å². The fraction of sp³-hybridized carbons (Fsp3) is 0.259. The minimum Gasteiger partial charge on any atom is -0.494 e. The van der Waals surface area contributed by atoms with Crippen LogP contribution in [0.2, 0.25) is 0 Å². The van der Waals surface area contributed by atoms with Crippen LogP contribution in [0.1, 0.15) is 19.0 Å². The Kier molecular flexibility index (Phi) is 8.76. The number of carbonyl (C=O) groups excluding carboxylic acids is 1. The van der Waals surface area contributed by atoms with Crippen LogP contribution in [0.5, 0.6) is 5.75 Å². The van der Waals surface area contributed by atoms with Crippen LogP contribution < -0.4 is 15.4 Å². The average Bonchev–Trinajstić information content (AvgIpc) is 3.27. The van der Waals surface area contributed by atoms with Crippen molar-refractivity contribution in [2.75, 3.05) is 37.9 Å². The summed E-state index contributed by atoms with van der Waals surface area (Å²) in [6.45, 7) is 5.09. The van der Waals surface area contributed by atoms with Gasteiger partial charge in [-0.3, -0.25) is 9.89 Å². The summed E-state index contributed by atoms with van der Waals surface area (Å²) in [5, 5.41) is 13.8. The number of ether oxygens (including phenoxy) is 1. The van der Waals surface area contributed by atoms with Gasteiger partial charge in [-0.25, -0.2) is 9.97 Å². The summed E-state index contributed by atoms with van der Waals surface area (Å²) in [6, 6.07) is 19.3. The Hall–Kier alpha value is -3.89. The number of carbonyl (C=O) groups is 1. The number of amides is 1. The predicted molar refractivity (Wildman–Crippen MR) is 148 cm³/mol. The molecule has 0 unspecified atom stereocenters. The van der Waals surface area contributed by atoms with Crippen molar-refractivity contribution in [3.8, 4) is 17.0 Å². The van der Waals surface area contributed by atoms with E-state index in [-0.39, 0.29) is 5.91 Å². The van der Waals surface area contributed by atoms with Crippen molar-refractivity contribution >= 4 is 35.0 Å². The van der Waals surface area contributed by atoms with Crippen molar-refractivity contribution in [1.82, 2.24) is 25.1 Å². The third-order valence-electron chi connectivity index (χ3n) is 5.22. The standard InChI is InChI=1S/C27H31N7O2S/c1-18-16-26(33-32-18)30-25-17-24(20-6-10-22(11-7-20)36-15-5-14-34(3)4)29-27(31-25)37-23-12-8-21(9-13-23)28-19(2)35/h6-13,16-17H,5,14-15H2,1-4H3,(H,28,35)(H2,29,30,31,32,33). The van der Waals surface area contributed by atoms with E-state index in [0.29, 0.717) is 23.4 Å². The van der Waals surface area contributed by atoms with Crippen LogP contribution >= 0.6 is 11.8 Å². The molecule has 0 spiro atoms. The van der Waals surface area contributed by atoms with Crippen LogP contribution in [-0.4, -0.2) is 58.2 Å². The lowest BCUT2D eigenvalue weighted by Gasteiger charge is -2.11. The van der Waals surface area contributed by atoms with Gasteiger partial charge in [0.25, 0.3) is 0 Å². The zero-order valence-electron chi connectivity index (χ0n) is 21.4. The number of aryl methyl sites for hydroxylation is 1. The van der Waals surface area contributed by atoms with Crippen LogP contribution in [0.15, 0.2) is 70.7 Å². The molecule has 0 atom stereocenters. The third-order valence-corrected chi connectivity index (χ3v) is 6.09. The number of nitrogens with one attached hydrogen (secondary N) is 3. The molecule has 3 N–H and O–H groups in total. The third kappa shape index (κ3) is 8.06. The van der Waals surface area contributed by atoms with E-state index in [2.05, 4.69) is 39.8 Å². The first-order valence-corrected chi connectivity index (χ1v) is 12.8. The van der Waals surface area contributed by atoms with Gasteiger partial charge in [-0.15, -0.1) is 0 Å². The number of anilines is 3. The molecule has 0 saturated heterocycles. The second-order valence-corrected chi connectivity index (χ2v) is 9.86. The molecule has 0 aliphatic rings. The maximum absolute atomic E-state index is 11.3. The summed E-state index contributed by atoms with van der Waals surface area (Å²) in [7, 11) is 4.11. The van der Waals surface area contributed by atoms with E-state index in [1.54, 1.807) is 0 Å². The first-order chi connectivity index (χ1) is 17.8. The van der Waals surface area contributed by atoms with E-state index in [1.165, 1.54) is 18.7 Å². The summed E-state index contributed by atoms with van der Waals surface area (Å²) in [5.41, 5.74) is 3.42. The molecule has 192 valence electrons. The highest BCUT2D eigenvalue weighted by atomic mass is 32.2. The summed E-state index contributed by atoms with van der Waals surface area (Å²) in [4.78, 5) is 23.9. The van der Waals surface area contributed by atoms with E-state index in [4.69, 9.17) is 14.7 Å². The fourth-order valence-electron chi connectivity index (χ4n) is 3.50. The Morgan fingerprint density at radius 1 is 1.03 bits per heavy atom. The number of hydrogen-bond acceptors (Lipinski definition) is 8. The minimum atomic E-state index is -0.106. The molecular weight excluding hydrogens is 486 g/mol. The number of benzene rings is 2. The molecule has 0 bridgehead atoms. The smallest absolute Gasteiger partial charge is 0.221 e. The Bertz CT molecular complexity index is 1320. The van der Waals surface area contributed by atoms with Crippen LogP contribution in [0.4, 0.5) is 17.3 Å². The Labute approximate surface area is 221 Å². The maximum Gasteiger partial charge on any atom is 0.221 e. The average molecular weight is 518 g/mol. The molecule has 2 heterocycles. The lowest BCUT2D eigenvalue weighted by Crippen LogP contribution is -2.15. The molecule has 9 nitrogen and oxygen atoms in total. The number of aromatic nitrogens is 4. The summed E-state index contributed by atoms with van der Waals surface area (Å²) >= 11 is 1.44. The maximum atomic E-state index is 11.3. The molecule has 0 aliphatic carbocycles. The van der Waals surface area contributed by atoms with Crippen molar-refractivity contribution in [3.63, 3.8) is 0 Å². The van der Waals surface area contributed by atoms with Gasteiger partial charge in [0, 0.05) is 47.4 Å². The zero-order valence-corrected chi connectivity index (χ0v) is 22.2. The SMILES string of the molecule is CC(=O)Nc1ccc(Sc2nc(Nc3cc(C)[nH]n3)cc(-c3ccc(OCCCN(C)C)cc3)n2)cc1. The second kappa shape index (κ2) is 12.4. The van der Waals surface area contributed by atoms with Gasteiger partial charge in [0.15, 0.2) is 11.0 Å². The zero-order chi connectivity index (χ0) is 26.2.